The lowest BCUT2D eigenvalue weighted by atomic mass is 10.9. The minimum Gasteiger partial charge on any atom is -0.438 e. The Morgan fingerprint density at radius 1 is 1.57 bits per heavy atom. The van der Waals surface area contributed by atoms with E-state index in [1.165, 1.54) is 7.11 Å². The lowest BCUT2D eigenvalue weighted by Gasteiger charge is -1.94. The Kier molecular flexibility index (Phi) is 9.04. The second-order valence-electron chi connectivity index (χ2n) is 1.58. The van der Waals surface area contributed by atoms with E-state index in [2.05, 4.69) is 20.2 Å². The van der Waals surface area contributed by atoms with E-state index in [1.807, 2.05) is 0 Å². The molecule has 0 radical (unpaired) electrons. The van der Waals surface area contributed by atoms with Crippen molar-refractivity contribution < 1.29 is 31.4 Å². The summed E-state index contributed by atoms with van der Waals surface area (Å²) in [7, 11) is -3.02. The topological polar surface area (TPSA) is 99.1 Å². The Balaban J connectivity index is 0. The van der Waals surface area contributed by atoms with Gasteiger partial charge in [0.15, 0.2) is 0 Å². The summed E-state index contributed by atoms with van der Waals surface area (Å²) in [4.78, 5) is 9.97. The number of carbonyl (C=O) groups is 1. The van der Waals surface area contributed by atoms with Gasteiger partial charge in [0.2, 0.25) is 0 Å². The van der Waals surface area contributed by atoms with Crippen molar-refractivity contribution in [2.45, 2.75) is 6.92 Å². The molecule has 0 aliphatic carbocycles. The largest absolute Gasteiger partial charge is 0.507 e. The predicted molar refractivity (Wildman–Crippen MR) is 46.9 cm³/mol. The van der Waals surface area contributed by atoms with Crippen LogP contribution in [-0.2, 0) is 24.1 Å². The third-order valence-corrected chi connectivity index (χ3v) is 0.998. The van der Waals surface area contributed by atoms with Crippen molar-refractivity contribution in [3.63, 3.8) is 0 Å². The molecular weight excluding hydrogens is 216 g/mol. The van der Waals surface area contributed by atoms with E-state index in [0.29, 0.717) is 12.9 Å². The molecule has 0 aromatic rings. The summed E-state index contributed by atoms with van der Waals surface area (Å²) in [6.07, 6.45) is -0.00231. The van der Waals surface area contributed by atoms with Gasteiger partial charge in [0, 0.05) is 0 Å². The Hall–Kier alpha value is -1.28. The van der Waals surface area contributed by atoms with Crippen LogP contribution in [0.5, 0.6) is 0 Å². The lowest BCUT2D eigenvalue weighted by Crippen LogP contribution is -2.02. The molecule has 0 saturated heterocycles. The number of ether oxygens (including phenoxy) is 2. The van der Waals surface area contributed by atoms with Crippen LogP contribution in [0.3, 0.4) is 0 Å². The van der Waals surface area contributed by atoms with Gasteiger partial charge < -0.3 is 13.7 Å². The van der Waals surface area contributed by atoms with Crippen LogP contribution in [0, 0.1) is 0 Å². The molecule has 7 nitrogen and oxygen atoms in total. The molecule has 0 rings (SSSR count). The van der Waals surface area contributed by atoms with Gasteiger partial charge in [0.05, 0.1) is 13.7 Å². The van der Waals surface area contributed by atoms with Gasteiger partial charge in [0.1, 0.15) is 6.26 Å². The molecule has 0 spiro atoms. The summed E-state index contributed by atoms with van der Waals surface area (Å²) < 4.78 is 38.7. The monoisotopic (exact) mass is 228 g/mol. The van der Waals surface area contributed by atoms with Gasteiger partial charge in [0.25, 0.3) is 0 Å². The van der Waals surface area contributed by atoms with Crippen LogP contribution in [0.25, 0.3) is 0 Å². The quantitative estimate of drug-likeness (QED) is 0.432. The van der Waals surface area contributed by atoms with E-state index in [-0.39, 0.29) is 0 Å². The fraction of sp³-hybridized carbons (Fsp3) is 0.500. The molecule has 0 aromatic carbocycles. The summed E-state index contributed by atoms with van der Waals surface area (Å²) in [5.41, 5.74) is 0. The number of rotatable bonds is 3. The SMILES string of the molecule is C=COS(=O)(=O)O.CCOC(=O)OC. The first-order chi connectivity index (χ1) is 6.37. The van der Waals surface area contributed by atoms with Gasteiger partial charge in [-0.15, -0.1) is 0 Å². The van der Waals surface area contributed by atoms with Crippen LogP contribution in [-0.4, -0.2) is 32.8 Å². The lowest BCUT2D eigenvalue weighted by molar-refractivity contribution is 0.0771. The Labute approximate surface area is 82.2 Å². The zero-order chi connectivity index (χ0) is 11.6. The van der Waals surface area contributed by atoms with Crippen molar-refractivity contribution in [3.05, 3.63) is 12.8 Å². The van der Waals surface area contributed by atoms with Gasteiger partial charge in [-0.2, -0.15) is 8.42 Å². The zero-order valence-corrected chi connectivity index (χ0v) is 8.61. The van der Waals surface area contributed by atoms with Crippen LogP contribution >= 0.6 is 0 Å². The maximum Gasteiger partial charge on any atom is 0.507 e. The van der Waals surface area contributed by atoms with Gasteiger partial charge in [-0.1, -0.05) is 6.58 Å². The molecule has 0 fully saturated rings. The van der Waals surface area contributed by atoms with E-state index in [0.717, 1.165) is 0 Å². The molecule has 8 heteroatoms. The average molecular weight is 228 g/mol. The van der Waals surface area contributed by atoms with Crippen LogP contribution in [0.4, 0.5) is 4.79 Å². The van der Waals surface area contributed by atoms with Crippen LogP contribution in [0.1, 0.15) is 6.92 Å². The second-order valence-corrected chi connectivity index (χ2v) is 2.63. The number of hydrogen-bond donors (Lipinski definition) is 1. The summed E-state index contributed by atoms with van der Waals surface area (Å²) in [5, 5.41) is 0. The second kappa shape index (κ2) is 8.32. The van der Waals surface area contributed by atoms with E-state index in [1.54, 1.807) is 6.92 Å². The molecule has 0 aliphatic rings. The third kappa shape index (κ3) is 17.0. The number of hydrogen-bond acceptors (Lipinski definition) is 6. The van der Waals surface area contributed by atoms with Gasteiger partial charge in [-0.25, -0.2) is 4.79 Å². The van der Waals surface area contributed by atoms with Crippen LogP contribution in [0.15, 0.2) is 12.8 Å². The van der Waals surface area contributed by atoms with E-state index in [9.17, 15) is 13.2 Å². The molecule has 84 valence electrons. The van der Waals surface area contributed by atoms with Crippen LogP contribution in [0.2, 0.25) is 0 Å². The average Bonchev–Trinajstić information content (AvgIpc) is 2.03. The molecule has 0 atom stereocenters. The van der Waals surface area contributed by atoms with E-state index < -0.39 is 16.6 Å². The molecule has 14 heavy (non-hydrogen) atoms. The number of methoxy groups -OCH3 is 1. The van der Waals surface area contributed by atoms with Crippen molar-refractivity contribution >= 4 is 16.6 Å². The fourth-order valence-electron chi connectivity index (χ4n) is 0.263. The van der Waals surface area contributed by atoms with Crippen molar-refractivity contribution in [2.75, 3.05) is 13.7 Å². The first kappa shape index (κ1) is 15.2. The zero-order valence-electron chi connectivity index (χ0n) is 7.80. The van der Waals surface area contributed by atoms with Crippen molar-refractivity contribution in [3.8, 4) is 0 Å². The Morgan fingerprint density at radius 3 is 2.14 bits per heavy atom. The smallest absolute Gasteiger partial charge is 0.438 e. The van der Waals surface area contributed by atoms with E-state index in [4.69, 9.17) is 4.55 Å². The molecule has 0 bridgehead atoms. The standard InChI is InChI=1S/C4H8O3.C2H4O4S/c1-3-7-4(5)6-2;1-2-6-7(3,4)5/h3H2,1-2H3;2H,1H2,(H,3,4,5). The van der Waals surface area contributed by atoms with Crippen molar-refractivity contribution in [1.82, 2.24) is 0 Å². The van der Waals surface area contributed by atoms with Crippen molar-refractivity contribution in [1.29, 1.82) is 0 Å². The van der Waals surface area contributed by atoms with Crippen LogP contribution < -0.4 is 0 Å². The molecule has 0 aromatic heterocycles. The summed E-state index contributed by atoms with van der Waals surface area (Å²) >= 11 is 0. The van der Waals surface area contributed by atoms with E-state index >= 15 is 0 Å². The maximum atomic E-state index is 9.97. The number of carbonyl (C=O) groups excluding carboxylic acids is 1. The third-order valence-electron chi connectivity index (χ3n) is 0.618. The summed E-state index contributed by atoms with van der Waals surface area (Å²) in [6, 6.07) is 0. The summed E-state index contributed by atoms with van der Waals surface area (Å²) in [6.45, 7) is 4.97. The molecule has 0 unspecified atom stereocenters. The predicted octanol–water partition coefficient (Wildman–Crippen LogP) is 0.739. The highest BCUT2D eigenvalue weighted by atomic mass is 32.3. The first-order valence-corrected chi connectivity index (χ1v) is 4.71. The summed E-state index contributed by atoms with van der Waals surface area (Å²) in [5.74, 6) is 0. The van der Waals surface area contributed by atoms with Gasteiger partial charge >= 0.3 is 16.6 Å². The van der Waals surface area contributed by atoms with Gasteiger partial charge in [-0.05, 0) is 6.92 Å². The highest BCUT2D eigenvalue weighted by Crippen LogP contribution is 1.82. The first-order valence-electron chi connectivity index (χ1n) is 3.34. The minimum absolute atomic E-state index is 0.368. The molecule has 0 heterocycles. The minimum atomic E-state index is -4.29. The fourth-order valence-corrected chi connectivity index (χ4v) is 0.435. The Morgan fingerprint density at radius 2 is 2.07 bits per heavy atom. The molecule has 0 aliphatic heterocycles. The maximum absolute atomic E-state index is 9.97. The molecular formula is C6H12O7S. The Bertz CT molecular complexity index is 255. The molecule has 0 saturated carbocycles. The van der Waals surface area contributed by atoms with Crippen molar-refractivity contribution in [2.24, 2.45) is 0 Å². The highest BCUT2D eigenvalue weighted by Gasteiger charge is 1.96. The van der Waals surface area contributed by atoms with Gasteiger partial charge in [-0.3, -0.25) is 4.55 Å². The molecule has 0 amide bonds. The highest BCUT2D eigenvalue weighted by molar-refractivity contribution is 7.81. The molecule has 1 N–H and O–H groups in total. The normalized spacial score (nSPS) is 9.07.